The van der Waals surface area contributed by atoms with Gasteiger partial charge in [-0.15, -0.1) is 0 Å². The largest absolute Gasteiger partial charge is 0.360 e. The fraction of sp³-hybridized carbons (Fsp3) is 0.333. The van der Waals surface area contributed by atoms with Crippen LogP contribution in [0.25, 0.3) is 0 Å². The number of aryl methyl sites for hydroxylation is 1. The van der Waals surface area contributed by atoms with Crippen LogP contribution in [0.4, 0.5) is 4.39 Å². The Hall–Kier alpha value is -2.22. The Morgan fingerprint density at radius 1 is 1.35 bits per heavy atom. The smallest absolute Gasteiger partial charge is 0.238 e. The number of rotatable bonds is 6. The van der Waals surface area contributed by atoms with Crippen LogP contribution < -0.4 is 5.32 Å². The minimum atomic E-state index is -3.72. The van der Waals surface area contributed by atoms with E-state index in [4.69, 9.17) is 4.52 Å². The maximum atomic E-state index is 12.8. The van der Waals surface area contributed by atoms with Crippen molar-refractivity contribution < 1.29 is 22.1 Å². The van der Waals surface area contributed by atoms with Gasteiger partial charge in [0.2, 0.25) is 5.91 Å². The average molecular weight is 340 g/mol. The highest BCUT2D eigenvalue weighted by Crippen LogP contribution is 2.13. The minimum absolute atomic E-state index is 0.125. The number of hydrogen-bond acceptors (Lipinski definition) is 5. The highest BCUT2D eigenvalue weighted by molar-refractivity contribution is 7.92. The van der Waals surface area contributed by atoms with E-state index in [1.807, 2.05) is 0 Å². The second kappa shape index (κ2) is 6.91. The van der Waals surface area contributed by atoms with Gasteiger partial charge in [-0.2, -0.15) is 0 Å². The molecule has 1 aromatic carbocycles. The monoisotopic (exact) mass is 340 g/mol. The summed E-state index contributed by atoms with van der Waals surface area (Å²) < 4.78 is 42.1. The summed E-state index contributed by atoms with van der Waals surface area (Å²) in [5, 5.41) is 4.92. The first kappa shape index (κ1) is 17.1. The van der Waals surface area contributed by atoms with Gasteiger partial charge in [0.1, 0.15) is 16.8 Å². The molecule has 0 saturated heterocycles. The zero-order chi connectivity index (χ0) is 17.0. The summed E-state index contributed by atoms with van der Waals surface area (Å²) in [6.07, 6.45) is 0. The molecule has 1 aromatic heterocycles. The first-order chi connectivity index (χ1) is 10.8. The molecular weight excluding hydrogens is 323 g/mol. The van der Waals surface area contributed by atoms with Crippen LogP contribution in [-0.2, 0) is 26.9 Å². The van der Waals surface area contributed by atoms with Gasteiger partial charge in [-0.05, 0) is 31.5 Å². The van der Waals surface area contributed by atoms with E-state index in [1.54, 1.807) is 6.92 Å². The molecule has 124 valence electrons. The van der Waals surface area contributed by atoms with Gasteiger partial charge in [-0.1, -0.05) is 17.3 Å². The molecule has 0 unspecified atom stereocenters. The molecular formula is C15H17FN2O4S. The maximum Gasteiger partial charge on any atom is 0.238 e. The van der Waals surface area contributed by atoms with Crippen LogP contribution in [0.5, 0.6) is 0 Å². The van der Waals surface area contributed by atoms with E-state index < -0.39 is 21.0 Å². The summed E-state index contributed by atoms with van der Waals surface area (Å²) in [4.78, 5) is 12.0. The molecule has 0 spiro atoms. The highest BCUT2D eigenvalue weighted by atomic mass is 32.2. The standard InChI is InChI=1S/C15H17FN2O4S/c1-10-7-14(22-18-10)9-23(20,21)11(2)15(19)17-8-12-3-5-13(16)6-4-12/h3-7,11H,8-9H2,1-2H3,(H,17,19)/t11-/m1/s1. The lowest BCUT2D eigenvalue weighted by molar-refractivity contribution is -0.120. The number of amides is 1. The molecule has 0 saturated carbocycles. The molecule has 8 heteroatoms. The molecule has 1 heterocycles. The predicted octanol–water partition coefficient (Wildman–Crippen LogP) is 1.74. The number of carbonyl (C=O) groups is 1. The van der Waals surface area contributed by atoms with Crippen molar-refractivity contribution in [1.82, 2.24) is 10.5 Å². The summed E-state index contributed by atoms with van der Waals surface area (Å²) >= 11 is 0. The molecule has 0 aliphatic rings. The number of hydrogen-bond donors (Lipinski definition) is 1. The van der Waals surface area contributed by atoms with Crippen molar-refractivity contribution >= 4 is 15.7 Å². The Morgan fingerprint density at radius 2 is 2.00 bits per heavy atom. The van der Waals surface area contributed by atoms with Crippen LogP contribution in [-0.4, -0.2) is 24.7 Å². The number of benzene rings is 1. The second-order valence-electron chi connectivity index (χ2n) is 5.23. The third kappa shape index (κ3) is 4.62. The number of nitrogens with one attached hydrogen (secondary N) is 1. The molecule has 0 aliphatic carbocycles. The minimum Gasteiger partial charge on any atom is -0.360 e. The second-order valence-corrected chi connectivity index (χ2v) is 7.55. The third-order valence-electron chi connectivity index (χ3n) is 3.31. The lowest BCUT2D eigenvalue weighted by atomic mass is 10.2. The quantitative estimate of drug-likeness (QED) is 0.865. The highest BCUT2D eigenvalue weighted by Gasteiger charge is 2.29. The molecule has 6 nitrogen and oxygen atoms in total. The lowest BCUT2D eigenvalue weighted by Crippen LogP contribution is -2.38. The molecule has 1 N–H and O–H groups in total. The van der Waals surface area contributed by atoms with Gasteiger partial charge >= 0.3 is 0 Å². The zero-order valence-electron chi connectivity index (χ0n) is 12.7. The van der Waals surface area contributed by atoms with Crippen molar-refractivity contribution in [2.45, 2.75) is 31.4 Å². The normalized spacial score (nSPS) is 12.8. The van der Waals surface area contributed by atoms with E-state index in [0.29, 0.717) is 11.3 Å². The van der Waals surface area contributed by atoms with Gasteiger partial charge in [0.05, 0.1) is 5.69 Å². The molecule has 0 bridgehead atoms. The van der Waals surface area contributed by atoms with Crippen molar-refractivity contribution in [3.05, 3.63) is 53.2 Å². The van der Waals surface area contributed by atoms with Crippen LogP contribution >= 0.6 is 0 Å². The van der Waals surface area contributed by atoms with Gasteiger partial charge in [-0.3, -0.25) is 4.79 Å². The maximum absolute atomic E-state index is 12.8. The van der Waals surface area contributed by atoms with Gasteiger partial charge in [0.25, 0.3) is 0 Å². The van der Waals surface area contributed by atoms with E-state index in [9.17, 15) is 17.6 Å². The third-order valence-corrected chi connectivity index (χ3v) is 5.29. The van der Waals surface area contributed by atoms with Crippen LogP contribution in [0.15, 0.2) is 34.9 Å². The summed E-state index contributed by atoms with van der Waals surface area (Å²) in [7, 11) is -3.72. The summed E-state index contributed by atoms with van der Waals surface area (Å²) in [6, 6.07) is 7.10. The lowest BCUT2D eigenvalue weighted by Gasteiger charge is -2.12. The fourth-order valence-corrected chi connectivity index (χ4v) is 3.10. The fourth-order valence-electron chi connectivity index (χ4n) is 1.91. The first-order valence-electron chi connectivity index (χ1n) is 6.94. The SMILES string of the molecule is Cc1cc(CS(=O)(=O)[C@H](C)C(=O)NCc2ccc(F)cc2)on1. The molecule has 2 aromatic rings. The van der Waals surface area contributed by atoms with Gasteiger partial charge in [0.15, 0.2) is 15.6 Å². The van der Waals surface area contributed by atoms with E-state index in [-0.39, 0.29) is 23.9 Å². The van der Waals surface area contributed by atoms with E-state index in [2.05, 4.69) is 10.5 Å². The van der Waals surface area contributed by atoms with Gasteiger partial charge in [-0.25, -0.2) is 12.8 Å². The number of sulfone groups is 1. The van der Waals surface area contributed by atoms with Crippen molar-refractivity contribution in [3.8, 4) is 0 Å². The molecule has 1 amide bonds. The average Bonchev–Trinajstić information content (AvgIpc) is 2.90. The first-order valence-corrected chi connectivity index (χ1v) is 8.65. The summed E-state index contributed by atoms with van der Waals surface area (Å²) in [6.45, 7) is 3.12. The molecule has 0 radical (unpaired) electrons. The predicted molar refractivity (Wildman–Crippen MR) is 81.6 cm³/mol. The van der Waals surface area contributed by atoms with E-state index in [0.717, 1.165) is 0 Å². The van der Waals surface area contributed by atoms with Crippen molar-refractivity contribution in [1.29, 1.82) is 0 Å². The molecule has 0 aliphatic heterocycles. The van der Waals surface area contributed by atoms with Crippen molar-refractivity contribution in [3.63, 3.8) is 0 Å². The van der Waals surface area contributed by atoms with Crippen LogP contribution in [0.3, 0.4) is 0 Å². The topological polar surface area (TPSA) is 89.3 Å². The van der Waals surface area contributed by atoms with Crippen LogP contribution in [0, 0.1) is 12.7 Å². The number of nitrogens with zero attached hydrogens (tertiary/aromatic N) is 1. The van der Waals surface area contributed by atoms with Gasteiger partial charge < -0.3 is 9.84 Å². The van der Waals surface area contributed by atoms with Crippen molar-refractivity contribution in [2.24, 2.45) is 0 Å². The van der Waals surface area contributed by atoms with Gasteiger partial charge in [0, 0.05) is 12.6 Å². The summed E-state index contributed by atoms with van der Waals surface area (Å²) in [5.41, 5.74) is 1.25. The molecule has 1 atom stereocenters. The zero-order valence-corrected chi connectivity index (χ0v) is 13.6. The van der Waals surface area contributed by atoms with Crippen LogP contribution in [0.1, 0.15) is 23.9 Å². The van der Waals surface area contributed by atoms with E-state index >= 15 is 0 Å². The molecule has 2 rings (SSSR count). The Balaban J connectivity index is 1.96. The number of halogens is 1. The Morgan fingerprint density at radius 3 is 2.57 bits per heavy atom. The van der Waals surface area contributed by atoms with Crippen molar-refractivity contribution in [2.75, 3.05) is 0 Å². The Labute approximate surface area is 133 Å². The van der Waals surface area contributed by atoms with E-state index in [1.165, 1.54) is 37.3 Å². The molecule has 23 heavy (non-hydrogen) atoms. The Kier molecular flexibility index (Phi) is 5.15. The summed E-state index contributed by atoms with van der Waals surface area (Å²) in [5.74, 6) is -1.19. The Bertz CT molecular complexity index is 784. The molecule has 0 fully saturated rings. The number of carbonyl (C=O) groups excluding carboxylic acids is 1. The van der Waals surface area contributed by atoms with Crippen LogP contribution in [0.2, 0.25) is 0 Å². The number of aromatic nitrogens is 1.